The monoisotopic (exact) mass is 616 g/mol. The number of amides is 2. The van der Waals surface area contributed by atoms with E-state index in [-0.39, 0.29) is 30.4 Å². The van der Waals surface area contributed by atoms with Crippen LogP contribution in [0.2, 0.25) is 0 Å². The normalized spacial score (nSPS) is 23.0. The molecule has 4 heterocycles. The second kappa shape index (κ2) is 11.9. The van der Waals surface area contributed by atoms with E-state index < -0.39 is 70.4 Å². The minimum absolute atomic E-state index is 0.00511. The first-order valence-corrected chi connectivity index (χ1v) is 14.4. The number of carbonyl (C=O) groups is 3. The molecule has 0 radical (unpaired) electrons. The zero-order valence-corrected chi connectivity index (χ0v) is 25.0. The highest BCUT2D eigenvalue weighted by atomic mass is 19.1. The fourth-order valence-electron chi connectivity index (χ4n) is 5.86. The summed E-state index contributed by atoms with van der Waals surface area (Å²) in [4.78, 5) is 61.1. The summed E-state index contributed by atoms with van der Waals surface area (Å²) in [6, 6.07) is 2.12. The van der Waals surface area contributed by atoms with Crippen molar-refractivity contribution < 1.29 is 42.2 Å². The van der Waals surface area contributed by atoms with Gasteiger partial charge in [-0.25, -0.2) is 13.6 Å². The van der Waals surface area contributed by atoms with Gasteiger partial charge in [0, 0.05) is 50.3 Å². The standard InChI is InChI=1S/C30H34F2N4O8/c1-15(2)41-29(40)43-18(5)42-26-24-28(39)35-14-23(30(9-8-17(35)4)11-16(3)34-44-30)36(24)13-21(25(26)37)27(38)33-12-19-6-7-20(31)10-22(19)32/h6-7,10,13,15,17-18,23H,8-9,11-12,14H2,1-5H3,(H,33,38)/t17-,18-,23+,30-/m0/s1. The molecule has 3 aliphatic rings. The summed E-state index contributed by atoms with van der Waals surface area (Å²) >= 11 is 0. The minimum atomic E-state index is -1.39. The van der Waals surface area contributed by atoms with Crippen molar-refractivity contribution in [2.75, 3.05) is 6.54 Å². The smallest absolute Gasteiger partial charge is 0.448 e. The highest BCUT2D eigenvalue weighted by Crippen LogP contribution is 2.46. The molecule has 1 N–H and O–H groups in total. The first-order chi connectivity index (χ1) is 20.8. The van der Waals surface area contributed by atoms with E-state index in [1.807, 2.05) is 13.8 Å². The Morgan fingerprint density at radius 3 is 2.61 bits per heavy atom. The Morgan fingerprint density at radius 1 is 1.20 bits per heavy atom. The van der Waals surface area contributed by atoms with Crippen molar-refractivity contribution in [3.05, 3.63) is 63.1 Å². The summed E-state index contributed by atoms with van der Waals surface area (Å²) in [5, 5.41) is 6.68. The van der Waals surface area contributed by atoms with Gasteiger partial charge < -0.3 is 33.8 Å². The number of rotatable bonds is 7. The number of nitrogens with zero attached hydrogens (tertiary/aromatic N) is 3. The van der Waals surface area contributed by atoms with Crippen molar-refractivity contribution in [2.24, 2.45) is 5.16 Å². The van der Waals surface area contributed by atoms with Crippen LogP contribution in [0.1, 0.15) is 86.3 Å². The number of pyridine rings is 1. The number of halogens is 2. The maximum absolute atomic E-state index is 14.3. The van der Waals surface area contributed by atoms with E-state index in [0.717, 1.165) is 11.8 Å². The van der Waals surface area contributed by atoms with Gasteiger partial charge in [0.25, 0.3) is 11.8 Å². The Kier molecular flexibility index (Phi) is 8.36. The second-order valence-electron chi connectivity index (χ2n) is 11.6. The lowest BCUT2D eigenvalue weighted by Gasteiger charge is -2.42. The summed E-state index contributed by atoms with van der Waals surface area (Å²) in [5.41, 5.74) is -1.62. The van der Waals surface area contributed by atoms with E-state index in [9.17, 15) is 28.0 Å². The van der Waals surface area contributed by atoms with E-state index in [1.165, 1.54) is 23.8 Å². The summed E-state index contributed by atoms with van der Waals surface area (Å²) in [6.45, 7) is 8.18. The molecule has 1 fully saturated rings. The molecule has 44 heavy (non-hydrogen) atoms. The predicted octanol–water partition coefficient (Wildman–Crippen LogP) is 4.06. The first-order valence-electron chi connectivity index (χ1n) is 14.4. The van der Waals surface area contributed by atoms with Gasteiger partial charge in [-0.2, -0.15) is 0 Å². The highest BCUT2D eigenvalue weighted by Gasteiger charge is 2.54. The zero-order valence-electron chi connectivity index (χ0n) is 25.0. The molecule has 0 saturated carbocycles. The van der Waals surface area contributed by atoms with Crippen LogP contribution in [0.15, 0.2) is 34.3 Å². The maximum atomic E-state index is 14.3. The van der Waals surface area contributed by atoms with E-state index >= 15 is 0 Å². The highest BCUT2D eigenvalue weighted by molar-refractivity contribution is 5.99. The lowest BCUT2D eigenvalue weighted by molar-refractivity contribution is -0.0688. The topological polar surface area (TPSA) is 138 Å². The third-order valence-electron chi connectivity index (χ3n) is 8.00. The number of benzene rings is 1. The average Bonchev–Trinajstić information content (AvgIpc) is 3.27. The van der Waals surface area contributed by atoms with Crippen LogP contribution < -0.4 is 15.5 Å². The molecule has 4 atom stereocenters. The number of hydrogen-bond acceptors (Lipinski definition) is 9. The molecule has 236 valence electrons. The predicted molar refractivity (Wildman–Crippen MR) is 151 cm³/mol. The summed E-state index contributed by atoms with van der Waals surface area (Å²) < 4.78 is 45.1. The number of hydrogen-bond donors (Lipinski definition) is 1. The summed E-state index contributed by atoms with van der Waals surface area (Å²) in [5.74, 6) is -3.55. The number of nitrogens with one attached hydrogen (secondary N) is 1. The number of fused-ring (bicyclic) bond motifs is 5. The third-order valence-corrected chi connectivity index (χ3v) is 8.00. The summed E-state index contributed by atoms with van der Waals surface area (Å²) in [6.07, 6.45) is -0.0716. The van der Waals surface area contributed by atoms with Crippen LogP contribution in [-0.2, 0) is 20.9 Å². The maximum Gasteiger partial charge on any atom is 0.511 e. The van der Waals surface area contributed by atoms with Crippen LogP contribution in [0.3, 0.4) is 0 Å². The van der Waals surface area contributed by atoms with Crippen LogP contribution in [0.4, 0.5) is 13.6 Å². The van der Waals surface area contributed by atoms with E-state index in [4.69, 9.17) is 19.0 Å². The van der Waals surface area contributed by atoms with Gasteiger partial charge in [0.15, 0.2) is 11.3 Å². The number of ether oxygens (including phenoxy) is 3. The summed E-state index contributed by atoms with van der Waals surface area (Å²) in [7, 11) is 0. The second-order valence-corrected chi connectivity index (χ2v) is 11.6. The molecule has 3 aliphatic heterocycles. The molecule has 0 aliphatic carbocycles. The van der Waals surface area contributed by atoms with Gasteiger partial charge in [-0.1, -0.05) is 11.2 Å². The van der Waals surface area contributed by atoms with Crippen molar-refractivity contribution in [2.45, 2.75) is 90.5 Å². The molecule has 2 amide bonds. The molecule has 1 aromatic heterocycles. The molecule has 14 heteroatoms. The third kappa shape index (κ3) is 5.84. The Labute approximate surface area is 251 Å². The van der Waals surface area contributed by atoms with Crippen molar-refractivity contribution >= 4 is 23.7 Å². The van der Waals surface area contributed by atoms with E-state index in [1.54, 1.807) is 18.7 Å². The molecule has 5 rings (SSSR count). The molecule has 0 unspecified atom stereocenters. The van der Waals surface area contributed by atoms with Gasteiger partial charge in [0.2, 0.25) is 17.5 Å². The number of oxime groups is 1. The molecule has 12 nitrogen and oxygen atoms in total. The molecular weight excluding hydrogens is 582 g/mol. The average molecular weight is 617 g/mol. The van der Waals surface area contributed by atoms with Crippen molar-refractivity contribution in [1.29, 1.82) is 0 Å². The molecule has 1 saturated heterocycles. The quantitative estimate of drug-likeness (QED) is 0.363. The molecule has 2 bridgehead atoms. The zero-order chi connectivity index (χ0) is 31.9. The molecule has 2 aromatic rings. The lowest BCUT2D eigenvalue weighted by atomic mass is 9.84. The van der Waals surface area contributed by atoms with Crippen LogP contribution in [0.5, 0.6) is 5.75 Å². The Morgan fingerprint density at radius 2 is 1.95 bits per heavy atom. The van der Waals surface area contributed by atoms with Gasteiger partial charge in [0.05, 0.1) is 17.9 Å². The van der Waals surface area contributed by atoms with Gasteiger partial charge in [-0.05, 0) is 46.6 Å². The van der Waals surface area contributed by atoms with Crippen LogP contribution >= 0.6 is 0 Å². The number of aromatic nitrogens is 1. The largest absolute Gasteiger partial charge is 0.511 e. The van der Waals surface area contributed by atoms with Gasteiger partial charge in [-0.15, -0.1) is 0 Å². The van der Waals surface area contributed by atoms with Crippen LogP contribution in [0, 0.1) is 11.6 Å². The lowest BCUT2D eigenvalue weighted by Crippen LogP contribution is -2.52. The Hall–Kier alpha value is -4.49. The number of carbonyl (C=O) groups excluding carboxylic acids is 3. The van der Waals surface area contributed by atoms with E-state index in [2.05, 4.69) is 10.5 Å². The molecular formula is C30H34F2N4O8. The van der Waals surface area contributed by atoms with Crippen molar-refractivity contribution in [3.8, 4) is 5.75 Å². The van der Waals surface area contributed by atoms with Gasteiger partial charge in [-0.3, -0.25) is 14.4 Å². The fourth-order valence-corrected chi connectivity index (χ4v) is 5.86. The first kappa shape index (κ1) is 31.0. The van der Waals surface area contributed by atoms with Crippen molar-refractivity contribution in [1.82, 2.24) is 14.8 Å². The SMILES string of the molecule is CC1=NO[C@@]2(CC[C@H](C)N3C[C@H]2n2cc(C(=O)NCc4ccc(F)cc4F)c(=O)c(O[C@H](C)OC(=O)OC(C)C)c2C3=O)C1. The Balaban J connectivity index is 1.59. The van der Waals surface area contributed by atoms with Gasteiger partial charge >= 0.3 is 6.16 Å². The molecule has 1 spiro atoms. The Bertz CT molecular complexity index is 1590. The van der Waals surface area contributed by atoms with Crippen LogP contribution in [-0.4, -0.2) is 63.7 Å². The molecule has 1 aromatic carbocycles. The fraction of sp³-hybridized carbons (Fsp3) is 0.500. The van der Waals surface area contributed by atoms with Crippen molar-refractivity contribution in [3.63, 3.8) is 0 Å². The minimum Gasteiger partial charge on any atom is -0.448 e. The van der Waals surface area contributed by atoms with E-state index in [0.29, 0.717) is 25.3 Å². The van der Waals surface area contributed by atoms with Crippen LogP contribution in [0.25, 0.3) is 0 Å². The van der Waals surface area contributed by atoms with Gasteiger partial charge in [0.1, 0.15) is 17.2 Å².